The standard InChI is InChI=1S/C15H21N3O6S/c1-6-10(19)8(2)24-18-11(12(20)21)9-7-25-13(16-9)17-14(22)23-15(3,4)5/h7-8H,6H2,1-5H3,(H,20,21)(H,16,17,22)/b18-11-. The molecule has 138 valence electrons. The number of anilines is 1. The van der Waals surface area contributed by atoms with Crippen molar-refractivity contribution in [3.05, 3.63) is 11.1 Å². The molecule has 1 atom stereocenters. The van der Waals surface area contributed by atoms with Crippen molar-refractivity contribution in [2.24, 2.45) is 5.16 Å². The Morgan fingerprint density at radius 2 is 2.04 bits per heavy atom. The van der Waals surface area contributed by atoms with E-state index in [0.29, 0.717) is 0 Å². The maximum absolute atomic E-state index is 11.7. The predicted molar refractivity (Wildman–Crippen MR) is 92.0 cm³/mol. The van der Waals surface area contributed by atoms with Gasteiger partial charge in [0.05, 0.1) is 0 Å². The number of hydrogen-bond donors (Lipinski definition) is 2. The molecule has 0 aliphatic rings. The molecule has 2 N–H and O–H groups in total. The van der Waals surface area contributed by atoms with Crippen molar-refractivity contribution in [3.63, 3.8) is 0 Å². The molecule has 0 radical (unpaired) electrons. The smallest absolute Gasteiger partial charge is 0.413 e. The van der Waals surface area contributed by atoms with Crippen LogP contribution in [0.2, 0.25) is 0 Å². The zero-order chi connectivity index (χ0) is 19.2. The molecule has 9 nitrogen and oxygen atoms in total. The fourth-order valence-corrected chi connectivity index (χ4v) is 2.19. The zero-order valence-corrected chi connectivity index (χ0v) is 15.5. The van der Waals surface area contributed by atoms with Gasteiger partial charge in [0.25, 0.3) is 0 Å². The first-order valence-corrected chi connectivity index (χ1v) is 8.37. The average molecular weight is 371 g/mol. The van der Waals surface area contributed by atoms with Crippen LogP contribution in [0.15, 0.2) is 10.5 Å². The number of nitrogens with one attached hydrogen (secondary N) is 1. The largest absolute Gasteiger partial charge is 0.476 e. The van der Waals surface area contributed by atoms with E-state index in [-0.39, 0.29) is 23.0 Å². The number of aliphatic carboxylic acids is 1. The van der Waals surface area contributed by atoms with E-state index in [1.807, 2.05) is 0 Å². The number of oxime groups is 1. The van der Waals surface area contributed by atoms with E-state index in [4.69, 9.17) is 9.57 Å². The van der Waals surface area contributed by atoms with Crippen LogP contribution < -0.4 is 5.32 Å². The molecule has 1 rings (SSSR count). The molecule has 1 unspecified atom stereocenters. The number of Topliss-reactive ketones (excluding diaryl/α,β-unsaturated/α-hetero) is 1. The highest BCUT2D eigenvalue weighted by Gasteiger charge is 2.21. The van der Waals surface area contributed by atoms with E-state index < -0.39 is 29.5 Å². The van der Waals surface area contributed by atoms with Gasteiger partial charge in [0, 0.05) is 11.8 Å². The Kier molecular flexibility index (Phi) is 7.04. The molecule has 0 aliphatic heterocycles. The van der Waals surface area contributed by atoms with Crippen molar-refractivity contribution in [2.75, 3.05) is 5.32 Å². The zero-order valence-electron chi connectivity index (χ0n) is 14.7. The molecule has 0 aliphatic carbocycles. The van der Waals surface area contributed by atoms with Crippen LogP contribution in [0.4, 0.5) is 9.93 Å². The summed E-state index contributed by atoms with van der Waals surface area (Å²) in [7, 11) is 0. The van der Waals surface area contributed by atoms with Crippen LogP contribution in [-0.2, 0) is 19.2 Å². The first-order chi connectivity index (χ1) is 11.5. The third-order valence-corrected chi connectivity index (χ3v) is 3.42. The van der Waals surface area contributed by atoms with Crippen LogP contribution in [-0.4, -0.2) is 45.4 Å². The minimum Gasteiger partial charge on any atom is -0.476 e. The van der Waals surface area contributed by atoms with Crippen LogP contribution in [0.25, 0.3) is 0 Å². The van der Waals surface area contributed by atoms with E-state index in [1.54, 1.807) is 27.7 Å². The lowest BCUT2D eigenvalue weighted by atomic mass is 10.2. The van der Waals surface area contributed by atoms with Gasteiger partial charge in [-0.3, -0.25) is 10.1 Å². The second kappa shape index (κ2) is 8.56. The topological polar surface area (TPSA) is 127 Å². The van der Waals surface area contributed by atoms with Crippen LogP contribution >= 0.6 is 11.3 Å². The molecule has 10 heteroatoms. The molecule has 0 saturated heterocycles. The van der Waals surface area contributed by atoms with Crippen molar-refractivity contribution >= 4 is 40.0 Å². The van der Waals surface area contributed by atoms with Gasteiger partial charge in [-0.25, -0.2) is 14.6 Å². The van der Waals surface area contributed by atoms with Crippen molar-refractivity contribution < 1.29 is 29.1 Å². The van der Waals surface area contributed by atoms with E-state index in [9.17, 15) is 19.5 Å². The number of ether oxygens (including phenoxy) is 1. The summed E-state index contributed by atoms with van der Waals surface area (Å²) in [6, 6.07) is 0. The van der Waals surface area contributed by atoms with Gasteiger partial charge in [0.1, 0.15) is 11.3 Å². The number of thiazole rings is 1. The third kappa shape index (κ3) is 6.87. The average Bonchev–Trinajstić information content (AvgIpc) is 2.91. The molecule has 0 fully saturated rings. The lowest BCUT2D eigenvalue weighted by molar-refractivity contribution is -0.131. The summed E-state index contributed by atoms with van der Waals surface area (Å²) in [6.07, 6.45) is -1.32. The van der Waals surface area contributed by atoms with Crippen LogP contribution in [0.3, 0.4) is 0 Å². The molecule has 1 aromatic heterocycles. The summed E-state index contributed by atoms with van der Waals surface area (Å²) >= 11 is 1.00. The molecule has 0 spiro atoms. The van der Waals surface area contributed by atoms with Crippen LogP contribution in [0, 0.1) is 0 Å². The SMILES string of the molecule is CCC(=O)C(C)O/N=C(\C(=O)O)c1csc(NC(=O)OC(C)(C)C)n1. The van der Waals surface area contributed by atoms with Crippen LogP contribution in [0.1, 0.15) is 46.7 Å². The summed E-state index contributed by atoms with van der Waals surface area (Å²) in [6.45, 7) is 8.28. The Bertz CT molecular complexity index is 677. The number of hydrogen-bond acceptors (Lipinski definition) is 8. The van der Waals surface area contributed by atoms with Crippen LogP contribution in [0.5, 0.6) is 0 Å². The fourth-order valence-electron chi connectivity index (χ4n) is 1.50. The number of rotatable bonds is 7. The number of aromatic nitrogens is 1. The minimum atomic E-state index is -1.37. The molecular weight excluding hydrogens is 350 g/mol. The van der Waals surface area contributed by atoms with Gasteiger partial charge >= 0.3 is 12.1 Å². The van der Waals surface area contributed by atoms with E-state index >= 15 is 0 Å². The van der Waals surface area contributed by atoms with Crippen molar-refractivity contribution in [2.45, 2.75) is 52.7 Å². The van der Waals surface area contributed by atoms with Gasteiger partial charge in [0.2, 0.25) is 5.71 Å². The Morgan fingerprint density at radius 1 is 1.40 bits per heavy atom. The number of nitrogens with zero attached hydrogens (tertiary/aromatic N) is 2. The first-order valence-electron chi connectivity index (χ1n) is 7.49. The Labute approximate surface area is 149 Å². The first kappa shape index (κ1) is 20.6. The fraction of sp³-hybridized carbons (Fsp3) is 0.533. The van der Waals surface area contributed by atoms with E-state index in [1.165, 1.54) is 12.3 Å². The third-order valence-electron chi connectivity index (χ3n) is 2.66. The predicted octanol–water partition coefficient (Wildman–Crippen LogP) is 2.66. The molecule has 25 heavy (non-hydrogen) atoms. The van der Waals surface area contributed by atoms with Gasteiger partial charge in [-0.1, -0.05) is 12.1 Å². The van der Waals surface area contributed by atoms with Gasteiger partial charge in [-0.05, 0) is 27.7 Å². The molecule has 1 aromatic rings. The second-order valence-electron chi connectivity index (χ2n) is 5.98. The lowest BCUT2D eigenvalue weighted by Gasteiger charge is -2.18. The highest BCUT2D eigenvalue weighted by molar-refractivity contribution is 7.14. The van der Waals surface area contributed by atoms with Crippen molar-refractivity contribution in [3.8, 4) is 0 Å². The van der Waals surface area contributed by atoms with Gasteiger partial charge in [-0.2, -0.15) is 0 Å². The van der Waals surface area contributed by atoms with Gasteiger partial charge < -0.3 is 14.7 Å². The van der Waals surface area contributed by atoms with Crippen molar-refractivity contribution in [1.29, 1.82) is 0 Å². The maximum atomic E-state index is 11.7. The number of carboxylic acid groups (broad SMARTS) is 1. The Hall–Kier alpha value is -2.49. The van der Waals surface area contributed by atoms with E-state index in [2.05, 4.69) is 15.5 Å². The number of carbonyl (C=O) groups is 3. The number of amides is 1. The van der Waals surface area contributed by atoms with Gasteiger partial charge in [0.15, 0.2) is 17.0 Å². The second-order valence-corrected chi connectivity index (χ2v) is 6.84. The Balaban J connectivity index is 2.86. The molecule has 0 saturated carbocycles. The maximum Gasteiger partial charge on any atom is 0.413 e. The summed E-state index contributed by atoms with van der Waals surface area (Å²) in [5, 5.41) is 16.7. The highest BCUT2D eigenvalue weighted by atomic mass is 32.1. The molecule has 0 bridgehead atoms. The lowest BCUT2D eigenvalue weighted by Crippen LogP contribution is -2.27. The number of carboxylic acids is 1. The highest BCUT2D eigenvalue weighted by Crippen LogP contribution is 2.18. The summed E-state index contributed by atoms with van der Waals surface area (Å²) < 4.78 is 5.08. The molecular formula is C15H21N3O6S. The van der Waals surface area contributed by atoms with E-state index in [0.717, 1.165) is 11.3 Å². The monoisotopic (exact) mass is 371 g/mol. The minimum absolute atomic E-state index is 0.000272. The molecule has 0 aromatic carbocycles. The van der Waals surface area contributed by atoms with Gasteiger partial charge in [-0.15, -0.1) is 11.3 Å². The summed E-state index contributed by atoms with van der Waals surface area (Å²) in [5.41, 5.74) is -1.14. The summed E-state index contributed by atoms with van der Waals surface area (Å²) in [5.74, 6) is -1.58. The number of carbonyl (C=O) groups excluding carboxylic acids is 2. The normalized spacial score (nSPS) is 13.1. The molecule has 1 amide bonds. The van der Waals surface area contributed by atoms with Crippen molar-refractivity contribution in [1.82, 2.24) is 4.98 Å². The summed E-state index contributed by atoms with van der Waals surface area (Å²) in [4.78, 5) is 43.4. The Morgan fingerprint density at radius 3 is 2.56 bits per heavy atom. The number of ketones is 1. The molecule has 1 heterocycles. The quantitative estimate of drug-likeness (QED) is 0.557.